The molecule has 0 amide bonds. The molecule has 0 aliphatic heterocycles. The Morgan fingerprint density at radius 2 is 1.80 bits per heavy atom. The number of hydrogen-bond donors (Lipinski definition) is 3. The zero-order valence-electron chi connectivity index (χ0n) is 14.9. The van der Waals surface area contributed by atoms with Crippen LogP contribution in [0.5, 0.6) is 0 Å². The third-order valence-corrected chi connectivity index (χ3v) is 4.35. The lowest BCUT2D eigenvalue weighted by atomic mass is 9.96. The van der Waals surface area contributed by atoms with Gasteiger partial charge in [0.05, 0.1) is 0 Å². The first kappa shape index (κ1) is 21.2. The van der Waals surface area contributed by atoms with E-state index in [1.54, 1.807) is 13.1 Å². The fourth-order valence-corrected chi connectivity index (χ4v) is 2.79. The molecule has 0 radical (unpaired) electrons. The highest BCUT2D eigenvalue weighted by molar-refractivity contribution is 7.80. The molecule has 2 aromatic rings. The number of nitrogens with one attached hydrogen (secondary N) is 1. The molecule has 0 unspecified atom stereocenters. The molecule has 1 atom stereocenters. The number of carbonyl (C=O) groups is 1. The van der Waals surface area contributed by atoms with Gasteiger partial charge in [0.15, 0.2) is 0 Å². The summed E-state index contributed by atoms with van der Waals surface area (Å²) in [5.41, 5.74) is 4.32. The third-order valence-electron chi connectivity index (χ3n) is 3.98. The maximum Gasteiger partial charge on any atom is 0.321 e. The van der Waals surface area contributed by atoms with Gasteiger partial charge in [-0.15, -0.1) is 0 Å². The quantitative estimate of drug-likeness (QED) is 0.674. The zero-order chi connectivity index (χ0) is 18.8. The topological polar surface area (TPSA) is 49.3 Å². The smallest absolute Gasteiger partial charge is 0.321 e. The average Bonchev–Trinajstić information content (AvgIpc) is 2.63. The van der Waals surface area contributed by atoms with Gasteiger partial charge in [-0.3, -0.25) is 4.79 Å². The SMILES string of the molecule is CCc1ccc(-c2ccccc2F)cc1CC.CN[C@@H](CS)C(=O)O. The molecular weight excluding hydrogens is 337 g/mol. The van der Waals surface area contributed by atoms with Gasteiger partial charge in [-0.2, -0.15) is 12.6 Å². The monoisotopic (exact) mass is 363 g/mol. The van der Waals surface area contributed by atoms with Crippen molar-refractivity contribution in [3.63, 3.8) is 0 Å². The first-order chi connectivity index (χ1) is 12.0. The summed E-state index contributed by atoms with van der Waals surface area (Å²) < 4.78 is 13.7. The molecule has 5 heteroatoms. The van der Waals surface area contributed by atoms with Crippen LogP contribution in [0.1, 0.15) is 25.0 Å². The van der Waals surface area contributed by atoms with Gasteiger partial charge >= 0.3 is 5.97 Å². The first-order valence-electron chi connectivity index (χ1n) is 8.36. The van der Waals surface area contributed by atoms with Gasteiger partial charge in [0.25, 0.3) is 0 Å². The summed E-state index contributed by atoms with van der Waals surface area (Å²) in [5.74, 6) is -0.687. The Kier molecular flexibility index (Phi) is 9.24. The van der Waals surface area contributed by atoms with Crippen molar-refractivity contribution in [3.8, 4) is 11.1 Å². The second kappa shape index (κ2) is 10.9. The fraction of sp³-hybridized carbons (Fsp3) is 0.350. The number of hydrogen-bond acceptors (Lipinski definition) is 3. The Bertz CT molecular complexity index is 687. The van der Waals surface area contributed by atoms with E-state index in [0.717, 1.165) is 18.4 Å². The van der Waals surface area contributed by atoms with E-state index in [1.165, 1.54) is 17.2 Å². The van der Waals surface area contributed by atoms with E-state index in [0.29, 0.717) is 11.3 Å². The molecule has 25 heavy (non-hydrogen) atoms. The second-order valence-electron chi connectivity index (χ2n) is 5.53. The Balaban J connectivity index is 0.000000333. The minimum atomic E-state index is -0.859. The molecule has 2 rings (SSSR count). The van der Waals surface area contributed by atoms with Gasteiger partial charge in [0, 0.05) is 11.3 Å². The first-order valence-corrected chi connectivity index (χ1v) is 8.99. The van der Waals surface area contributed by atoms with Crippen molar-refractivity contribution in [3.05, 3.63) is 59.4 Å². The van der Waals surface area contributed by atoms with Gasteiger partial charge in [-0.25, -0.2) is 4.39 Å². The van der Waals surface area contributed by atoms with E-state index in [1.807, 2.05) is 18.2 Å². The highest BCUT2D eigenvalue weighted by Gasteiger charge is 2.10. The van der Waals surface area contributed by atoms with E-state index >= 15 is 0 Å². The van der Waals surface area contributed by atoms with Crippen LogP contribution >= 0.6 is 12.6 Å². The lowest BCUT2D eigenvalue weighted by Crippen LogP contribution is -2.35. The van der Waals surface area contributed by atoms with E-state index in [9.17, 15) is 9.18 Å². The number of carboxylic acid groups (broad SMARTS) is 1. The van der Waals surface area contributed by atoms with Crippen LogP contribution in [0.3, 0.4) is 0 Å². The van der Waals surface area contributed by atoms with E-state index in [4.69, 9.17) is 5.11 Å². The molecule has 3 nitrogen and oxygen atoms in total. The Labute approximate surface area is 154 Å². The highest BCUT2D eigenvalue weighted by Crippen LogP contribution is 2.25. The molecule has 136 valence electrons. The van der Waals surface area contributed by atoms with E-state index < -0.39 is 12.0 Å². The number of likely N-dealkylation sites (N-methyl/N-ethyl adjacent to an activating group) is 1. The molecule has 0 aromatic heterocycles. The molecule has 0 aliphatic rings. The van der Waals surface area contributed by atoms with Crippen molar-refractivity contribution in [1.82, 2.24) is 5.32 Å². The van der Waals surface area contributed by atoms with Crippen molar-refractivity contribution >= 4 is 18.6 Å². The Morgan fingerprint density at radius 1 is 1.16 bits per heavy atom. The molecule has 2 aromatic carbocycles. The van der Waals surface area contributed by atoms with Gasteiger partial charge in [-0.1, -0.05) is 50.2 Å². The number of aryl methyl sites for hydroxylation is 2. The Hall–Kier alpha value is -1.85. The molecular formula is C20H26FNO2S. The van der Waals surface area contributed by atoms with Crippen molar-refractivity contribution in [1.29, 1.82) is 0 Å². The van der Waals surface area contributed by atoms with Crippen LogP contribution in [-0.2, 0) is 17.6 Å². The van der Waals surface area contributed by atoms with Crippen LogP contribution in [0.25, 0.3) is 11.1 Å². The van der Waals surface area contributed by atoms with Crippen LogP contribution in [0.4, 0.5) is 4.39 Å². The van der Waals surface area contributed by atoms with Gasteiger partial charge in [0.2, 0.25) is 0 Å². The third kappa shape index (κ3) is 6.18. The normalized spacial score (nSPS) is 11.4. The number of rotatable bonds is 6. The molecule has 0 spiro atoms. The van der Waals surface area contributed by atoms with Crippen molar-refractivity contribution in [2.24, 2.45) is 0 Å². The molecule has 0 saturated heterocycles. The number of halogens is 1. The lowest BCUT2D eigenvalue weighted by molar-refractivity contribution is -0.138. The molecule has 0 saturated carbocycles. The van der Waals surface area contributed by atoms with Crippen molar-refractivity contribution < 1.29 is 14.3 Å². The standard InChI is InChI=1S/C16H17F.C4H9NO2S/c1-3-12-9-10-14(11-13(12)4-2)15-7-5-6-8-16(15)17;1-5-3(2-8)4(6)7/h5-11H,3-4H2,1-2H3;3,5,8H,2H2,1H3,(H,6,7)/t;3-/m.0/s1. The van der Waals surface area contributed by atoms with Crippen LogP contribution in [0.2, 0.25) is 0 Å². The second-order valence-corrected chi connectivity index (χ2v) is 5.90. The molecule has 0 aliphatic carbocycles. The fourth-order valence-electron chi connectivity index (χ4n) is 2.46. The maximum atomic E-state index is 13.7. The Morgan fingerprint density at radius 3 is 2.24 bits per heavy atom. The summed E-state index contributed by atoms with van der Waals surface area (Å²) in [5, 5.41) is 10.8. The van der Waals surface area contributed by atoms with E-state index in [2.05, 4.69) is 43.9 Å². The van der Waals surface area contributed by atoms with Gasteiger partial charge in [0.1, 0.15) is 11.9 Å². The molecule has 0 heterocycles. The zero-order valence-corrected chi connectivity index (χ0v) is 15.8. The predicted molar refractivity (Wildman–Crippen MR) is 105 cm³/mol. The van der Waals surface area contributed by atoms with Gasteiger partial charge in [-0.05, 0) is 42.6 Å². The molecule has 0 bridgehead atoms. The van der Waals surface area contributed by atoms with Gasteiger partial charge < -0.3 is 10.4 Å². The molecule has 0 fully saturated rings. The average molecular weight is 363 g/mol. The van der Waals surface area contributed by atoms with E-state index in [-0.39, 0.29) is 5.82 Å². The van der Waals surface area contributed by atoms with Crippen LogP contribution in [0, 0.1) is 5.82 Å². The highest BCUT2D eigenvalue weighted by atomic mass is 32.1. The van der Waals surface area contributed by atoms with Crippen molar-refractivity contribution in [2.75, 3.05) is 12.8 Å². The van der Waals surface area contributed by atoms with Crippen molar-refractivity contribution in [2.45, 2.75) is 32.7 Å². The summed E-state index contributed by atoms with van der Waals surface area (Å²) in [6, 6.07) is 12.6. The maximum absolute atomic E-state index is 13.7. The summed E-state index contributed by atoms with van der Waals surface area (Å²) in [6.45, 7) is 4.29. The molecule has 2 N–H and O–H groups in total. The minimum absolute atomic E-state index is 0.154. The summed E-state index contributed by atoms with van der Waals surface area (Å²) in [6.07, 6.45) is 2.02. The minimum Gasteiger partial charge on any atom is -0.480 e. The summed E-state index contributed by atoms with van der Waals surface area (Å²) in [4.78, 5) is 10.1. The van der Waals surface area contributed by atoms with Crippen LogP contribution < -0.4 is 5.32 Å². The number of thiol groups is 1. The predicted octanol–water partition coefficient (Wildman–Crippen LogP) is 4.21. The lowest BCUT2D eigenvalue weighted by Gasteiger charge is -2.09. The largest absolute Gasteiger partial charge is 0.480 e. The summed E-state index contributed by atoms with van der Waals surface area (Å²) >= 11 is 3.79. The van der Waals surface area contributed by atoms with Crippen LogP contribution in [-0.4, -0.2) is 29.9 Å². The summed E-state index contributed by atoms with van der Waals surface area (Å²) in [7, 11) is 1.59. The van der Waals surface area contributed by atoms with Crippen LogP contribution in [0.15, 0.2) is 42.5 Å². The number of carboxylic acids is 1. The number of benzene rings is 2. The number of aliphatic carboxylic acids is 1.